The van der Waals surface area contributed by atoms with Crippen LogP contribution in [0.3, 0.4) is 0 Å². The second-order valence-corrected chi connectivity index (χ2v) is 5.47. The summed E-state index contributed by atoms with van der Waals surface area (Å²) in [4.78, 5) is 11.8. The number of phenols is 1. The van der Waals surface area contributed by atoms with E-state index in [9.17, 15) is 9.90 Å². The first kappa shape index (κ1) is 14.6. The van der Waals surface area contributed by atoms with E-state index in [4.69, 9.17) is 4.74 Å². The van der Waals surface area contributed by atoms with Gasteiger partial charge < -0.3 is 9.84 Å². The Balaban J connectivity index is 2.79. The van der Waals surface area contributed by atoms with Crippen molar-refractivity contribution in [2.24, 2.45) is 5.41 Å². The first-order valence-electron chi connectivity index (χ1n) is 6.33. The topological polar surface area (TPSA) is 46.5 Å². The molecule has 18 heavy (non-hydrogen) atoms. The highest BCUT2D eigenvalue weighted by molar-refractivity contribution is 5.85. The fourth-order valence-electron chi connectivity index (χ4n) is 1.55. The molecule has 1 aromatic rings. The van der Waals surface area contributed by atoms with Gasteiger partial charge in [0.2, 0.25) is 0 Å². The van der Waals surface area contributed by atoms with Gasteiger partial charge in [0.25, 0.3) is 0 Å². The van der Waals surface area contributed by atoms with Crippen LogP contribution in [0, 0.1) is 5.41 Å². The number of rotatable bonds is 5. The van der Waals surface area contributed by atoms with Crippen molar-refractivity contribution in [3.05, 3.63) is 23.8 Å². The zero-order chi connectivity index (χ0) is 13.8. The SMILES string of the molecule is CCCc1c(O)cccc1OCC(=O)C(C)(C)C. The molecule has 0 fully saturated rings. The van der Waals surface area contributed by atoms with Crippen molar-refractivity contribution < 1.29 is 14.6 Å². The van der Waals surface area contributed by atoms with Crippen molar-refractivity contribution in [3.8, 4) is 11.5 Å². The van der Waals surface area contributed by atoms with Gasteiger partial charge in [-0.05, 0) is 18.6 Å². The van der Waals surface area contributed by atoms with Crippen molar-refractivity contribution >= 4 is 5.78 Å². The number of hydrogen-bond acceptors (Lipinski definition) is 3. The molecule has 0 saturated heterocycles. The fourth-order valence-corrected chi connectivity index (χ4v) is 1.55. The van der Waals surface area contributed by atoms with Crippen LogP contribution >= 0.6 is 0 Å². The second kappa shape index (κ2) is 5.89. The Morgan fingerprint density at radius 1 is 1.33 bits per heavy atom. The van der Waals surface area contributed by atoms with Crippen molar-refractivity contribution in [1.82, 2.24) is 0 Å². The Kier molecular flexibility index (Phi) is 4.76. The van der Waals surface area contributed by atoms with E-state index in [0.29, 0.717) is 5.75 Å². The average molecular weight is 250 g/mol. The summed E-state index contributed by atoms with van der Waals surface area (Å²) >= 11 is 0. The number of ketones is 1. The van der Waals surface area contributed by atoms with Crippen LogP contribution in [0.1, 0.15) is 39.7 Å². The van der Waals surface area contributed by atoms with Crippen LogP contribution in [0.4, 0.5) is 0 Å². The molecule has 0 aromatic heterocycles. The van der Waals surface area contributed by atoms with E-state index in [0.717, 1.165) is 18.4 Å². The number of aromatic hydroxyl groups is 1. The van der Waals surface area contributed by atoms with Gasteiger partial charge in [0.05, 0.1) is 0 Å². The highest BCUT2D eigenvalue weighted by Crippen LogP contribution is 2.29. The molecule has 0 radical (unpaired) electrons. The van der Waals surface area contributed by atoms with Crippen LogP contribution in [0.25, 0.3) is 0 Å². The number of phenolic OH excluding ortho intramolecular Hbond substituents is 1. The smallest absolute Gasteiger partial charge is 0.175 e. The van der Waals surface area contributed by atoms with Gasteiger partial charge in [0.15, 0.2) is 5.78 Å². The molecule has 0 heterocycles. The van der Waals surface area contributed by atoms with Gasteiger partial charge in [-0.3, -0.25) is 4.79 Å². The minimum Gasteiger partial charge on any atom is -0.508 e. The third-order valence-electron chi connectivity index (χ3n) is 2.80. The molecule has 0 saturated carbocycles. The minimum atomic E-state index is -0.401. The van der Waals surface area contributed by atoms with Crippen LogP contribution in [0.5, 0.6) is 11.5 Å². The molecular formula is C15H22O3. The van der Waals surface area contributed by atoms with E-state index >= 15 is 0 Å². The first-order chi connectivity index (χ1) is 8.36. The summed E-state index contributed by atoms with van der Waals surface area (Å²) in [6.45, 7) is 7.69. The lowest BCUT2D eigenvalue weighted by molar-refractivity contribution is -0.128. The Labute approximate surface area is 109 Å². The van der Waals surface area contributed by atoms with Gasteiger partial charge in [-0.2, -0.15) is 0 Å². The Morgan fingerprint density at radius 2 is 2.00 bits per heavy atom. The van der Waals surface area contributed by atoms with Gasteiger partial charge in [0.1, 0.15) is 18.1 Å². The van der Waals surface area contributed by atoms with Crippen LogP contribution in [0.15, 0.2) is 18.2 Å². The highest BCUT2D eigenvalue weighted by Gasteiger charge is 2.22. The molecular weight excluding hydrogens is 228 g/mol. The molecule has 1 aromatic carbocycles. The van der Waals surface area contributed by atoms with E-state index in [1.165, 1.54) is 0 Å². The third kappa shape index (κ3) is 3.76. The zero-order valence-corrected chi connectivity index (χ0v) is 11.6. The number of ether oxygens (including phenoxy) is 1. The second-order valence-electron chi connectivity index (χ2n) is 5.47. The third-order valence-corrected chi connectivity index (χ3v) is 2.80. The van der Waals surface area contributed by atoms with Crippen molar-refractivity contribution in [2.45, 2.75) is 40.5 Å². The first-order valence-corrected chi connectivity index (χ1v) is 6.33. The highest BCUT2D eigenvalue weighted by atomic mass is 16.5. The normalized spacial score (nSPS) is 11.3. The Bertz CT molecular complexity index is 416. The van der Waals surface area contributed by atoms with Crippen LogP contribution in [-0.4, -0.2) is 17.5 Å². The summed E-state index contributed by atoms with van der Waals surface area (Å²) in [6, 6.07) is 5.16. The van der Waals surface area contributed by atoms with Crippen molar-refractivity contribution in [2.75, 3.05) is 6.61 Å². The average Bonchev–Trinajstić information content (AvgIpc) is 2.28. The molecule has 0 aliphatic heterocycles. The van der Waals surface area contributed by atoms with Crippen LogP contribution in [-0.2, 0) is 11.2 Å². The lowest BCUT2D eigenvalue weighted by atomic mass is 9.91. The maximum absolute atomic E-state index is 11.8. The van der Waals surface area contributed by atoms with Gasteiger partial charge >= 0.3 is 0 Å². The fraction of sp³-hybridized carbons (Fsp3) is 0.533. The molecule has 3 nitrogen and oxygen atoms in total. The number of benzene rings is 1. The summed E-state index contributed by atoms with van der Waals surface area (Å²) in [5.74, 6) is 0.889. The Hall–Kier alpha value is -1.51. The van der Waals surface area contributed by atoms with Crippen LogP contribution in [0.2, 0.25) is 0 Å². The number of hydrogen-bond donors (Lipinski definition) is 1. The lowest BCUT2D eigenvalue weighted by Gasteiger charge is -2.18. The maximum Gasteiger partial charge on any atom is 0.175 e. The zero-order valence-electron chi connectivity index (χ0n) is 11.6. The van der Waals surface area contributed by atoms with E-state index in [1.54, 1.807) is 18.2 Å². The summed E-state index contributed by atoms with van der Waals surface area (Å²) in [6.07, 6.45) is 1.66. The van der Waals surface area contributed by atoms with E-state index in [-0.39, 0.29) is 18.1 Å². The summed E-state index contributed by atoms with van der Waals surface area (Å²) in [5.41, 5.74) is 0.378. The molecule has 1 rings (SSSR count). The van der Waals surface area contributed by atoms with E-state index in [1.807, 2.05) is 27.7 Å². The molecule has 100 valence electrons. The Morgan fingerprint density at radius 3 is 2.56 bits per heavy atom. The number of Topliss-reactive ketones (excluding diaryl/α,β-unsaturated/α-hetero) is 1. The molecule has 3 heteroatoms. The summed E-state index contributed by atoms with van der Waals surface area (Å²) in [7, 11) is 0. The monoisotopic (exact) mass is 250 g/mol. The summed E-state index contributed by atoms with van der Waals surface area (Å²) < 4.78 is 5.55. The lowest BCUT2D eigenvalue weighted by Crippen LogP contribution is -2.26. The molecule has 1 N–H and O–H groups in total. The van der Waals surface area contributed by atoms with Crippen molar-refractivity contribution in [3.63, 3.8) is 0 Å². The molecule has 0 unspecified atom stereocenters. The predicted molar refractivity (Wildman–Crippen MR) is 72.1 cm³/mol. The molecule has 0 bridgehead atoms. The number of carbonyl (C=O) groups excluding carboxylic acids is 1. The largest absolute Gasteiger partial charge is 0.508 e. The molecule has 0 amide bonds. The molecule has 0 spiro atoms. The molecule has 0 atom stereocenters. The standard InChI is InChI=1S/C15H22O3/c1-5-7-11-12(16)8-6-9-13(11)18-10-14(17)15(2,3)4/h6,8-9,16H,5,7,10H2,1-4H3. The van der Waals surface area contributed by atoms with Gasteiger partial charge in [0, 0.05) is 11.0 Å². The van der Waals surface area contributed by atoms with Crippen molar-refractivity contribution in [1.29, 1.82) is 0 Å². The molecule has 0 aliphatic rings. The summed E-state index contributed by atoms with van der Waals surface area (Å²) in [5, 5.41) is 9.78. The van der Waals surface area contributed by atoms with E-state index < -0.39 is 5.41 Å². The van der Waals surface area contributed by atoms with Gasteiger partial charge in [-0.25, -0.2) is 0 Å². The van der Waals surface area contributed by atoms with Gasteiger partial charge in [-0.1, -0.05) is 40.2 Å². The predicted octanol–water partition coefficient (Wildman–Crippen LogP) is 3.34. The number of carbonyl (C=O) groups is 1. The van der Waals surface area contributed by atoms with Gasteiger partial charge in [-0.15, -0.1) is 0 Å². The molecule has 0 aliphatic carbocycles. The minimum absolute atomic E-state index is 0.0453. The quantitative estimate of drug-likeness (QED) is 0.871. The maximum atomic E-state index is 11.8. The van der Waals surface area contributed by atoms with Crippen LogP contribution < -0.4 is 4.74 Å². The van der Waals surface area contributed by atoms with E-state index in [2.05, 4.69) is 0 Å².